The fourth-order valence-electron chi connectivity index (χ4n) is 3.48. The summed E-state index contributed by atoms with van der Waals surface area (Å²) >= 11 is 0.256. The summed E-state index contributed by atoms with van der Waals surface area (Å²) in [6, 6.07) is 10.4. The Kier molecular flexibility index (Phi) is 6.78. The maximum Gasteiger partial charge on any atom is 0.416 e. The quantitative estimate of drug-likeness (QED) is 0.358. The molecule has 3 aromatic rings. The van der Waals surface area contributed by atoms with E-state index in [2.05, 4.69) is 10.4 Å². The second-order valence-electron chi connectivity index (χ2n) is 7.64. The summed E-state index contributed by atoms with van der Waals surface area (Å²) in [7, 11) is 0. The Morgan fingerprint density at radius 3 is 2.56 bits per heavy atom. The molecule has 0 spiro atoms. The van der Waals surface area contributed by atoms with Crippen LogP contribution in [0.1, 0.15) is 34.8 Å². The molecule has 4 rings (SSSR count). The topological polar surface area (TPSA) is 68.9 Å². The minimum atomic E-state index is -4.54. The molecule has 0 unspecified atom stereocenters. The molecule has 0 aliphatic heterocycles. The first-order chi connectivity index (χ1) is 16.1. The van der Waals surface area contributed by atoms with E-state index in [0.29, 0.717) is 12.8 Å². The van der Waals surface area contributed by atoms with Crippen LogP contribution in [0.5, 0.6) is 0 Å². The molecule has 6 nitrogen and oxygen atoms in total. The van der Waals surface area contributed by atoms with Gasteiger partial charge in [-0.25, -0.2) is 9.48 Å². The van der Waals surface area contributed by atoms with Gasteiger partial charge in [-0.05, 0) is 37.1 Å². The number of carbonyl (C=O) groups is 1. The second-order valence-corrected chi connectivity index (χ2v) is 8.67. The van der Waals surface area contributed by atoms with Gasteiger partial charge >= 0.3 is 11.9 Å². The number of nitrogens with zero attached hydrogens (tertiary/aromatic N) is 3. The highest BCUT2D eigenvalue weighted by atomic mass is 32.2. The lowest BCUT2D eigenvalue weighted by atomic mass is 10.1. The lowest BCUT2D eigenvalue weighted by Gasteiger charge is -2.09. The van der Waals surface area contributed by atoms with Crippen molar-refractivity contribution in [2.75, 3.05) is 6.54 Å². The van der Waals surface area contributed by atoms with E-state index in [1.807, 2.05) is 0 Å². The molecule has 1 N–H and O–H groups in total. The van der Waals surface area contributed by atoms with Crippen LogP contribution in [0.2, 0.25) is 0 Å². The number of alkyl halides is 5. The van der Waals surface area contributed by atoms with Crippen LogP contribution >= 0.6 is 11.8 Å². The average molecular weight is 498 g/mol. The van der Waals surface area contributed by atoms with E-state index in [9.17, 15) is 31.5 Å². The summed E-state index contributed by atoms with van der Waals surface area (Å²) in [5.41, 5.74) is -1.09. The maximum atomic E-state index is 13.1. The molecule has 1 heterocycles. The number of thioether (sulfide) groups is 1. The van der Waals surface area contributed by atoms with Gasteiger partial charge < -0.3 is 5.32 Å². The summed E-state index contributed by atoms with van der Waals surface area (Å²) in [5, 5.41) is 6.81. The van der Waals surface area contributed by atoms with Gasteiger partial charge in [0.25, 0.3) is 11.7 Å². The van der Waals surface area contributed by atoms with Crippen molar-refractivity contribution >= 4 is 17.7 Å². The van der Waals surface area contributed by atoms with Gasteiger partial charge in [0.1, 0.15) is 0 Å². The monoisotopic (exact) mass is 498 g/mol. The number of aromatic nitrogens is 3. The van der Waals surface area contributed by atoms with Crippen LogP contribution in [0.25, 0.3) is 11.4 Å². The molecule has 34 heavy (non-hydrogen) atoms. The number of carbonyl (C=O) groups excluding carboxylic acids is 1. The Morgan fingerprint density at radius 2 is 1.88 bits per heavy atom. The third-order valence-electron chi connectivity index (χ3n) is 5.19. The smallest absolute Gasteiger partial charge is 0.350 e. The number of amides is 1. The predicted octanol–water partition coefficient (Wildman–Crippen LogP) is 4.81. The Morgan fingerprint density at radius 1 is 1.15 bits per heavy atom. The lowest BCUT2D eigenvalue weighted by Crippen LogP contribution is -2.32. The molecule has 1 amide bonds. The standard InChI is InChI=1S/C22H19F5N4O2S/c23-20(24)34-17-7-2-1-6-16(17)19(32)28-10-11-30-21(33)31(15-8-9-15)18(29-30)13-4-3-5-14(12-13)22(25,26)27/h1-7,12,15,20H,8-11H2,(H,28,32). The lowest BCUT2D eigenvalue weighted by molar-refractivity contribution is -0.137. The summed E-state index contributed by atoms with van der Waals surface area (Å²) < 4.78 is 67.4. The van der Waals surface area contributed by atoms with Crippen molar-refractivity contribution in [3.8, 4) is 11.4 Å². The predicted molar refractivity (Wildman–Crippen MR) is 116 cm³/mol. The van der Waals surface area contributed by atoms with Crippen molar-refractivity contribution in [1.82, 2.24) is 19.7 Å². The van der Waals surface area contributed by atoms with E-state index in [-0.39, 0.29) is 52.7 Å². The fourth-order valence-corrected chi connectivity index (χ4v) is 4.12. The van der Waals surface area contributed by atoms with E-state index in [0.717, 1.165) is 16.8 Å². The first-order valence-electron chi connectivity index (χ1n) is 10.3. The van der Waals surface area contributed by atoms with Gasteiger partial charge in [0, 0.05) is 23.0 Å². The molecule has 0 atom stereocenters. The van der Waals surface area contributed by atoms with Crippen LogP contribution in [0.3, 0.4) is 0 Å². The van der Waals surface area contributed by atoms with Crippen molar-refractivity contribution in [1.29, 1.82) is 0 Å². The number of nitrogens with one attached hydrogen (secondary N) is 1. The number of halogens is 5. The van der Waals surface area contributed by atoms with Crippen molar-refractivity contribution in [2.45, 2.75) is 42.3 Å². The van der Waals surface area contributed by atoms with Gasteiger partial charge in [-0.2, -0.15) is 22.0 Å². The van der Waals surface area contributed by atoms with Gasteiger partial charge in [-0.1, -0.05) is 36.0 Å². The minimum absolute atomic E-state index is 0.0316. The zero-order valence-corrected chi connectivity index (χ0v) is 18.4. The van der Waals surface area contributed by atoms with Crippen LogP contribution in [0.15, 0.2) is 58.2 Å². The van der Waals surface area contributed by atoms with Gasteiger partial charge in [0.05, 0.1) is 17.7 Å². The zero-order chi connectivity index (χ0) is 24.5. The highest BCUT2D eigenvalue weighted by Crippen LogP contribution is 2.37. The van der Waals surface area contributed by atoms with E-state index < -0.39 is 29.1 Å². The maximum absolute atomic E-state index is 13.1. The molecule has 1 aromatic heterocycles. The third-order valence-corrected chi connectivity index (χ3v) is 5.98. The summed E-state index contributed by atoms with van der Waals surface area (Å²) in [5.74, 6) is -3.15. The largest absolute Gasteiger partial charge is 0.416 e. The molecule has 1 saturated carbocycles. The second kappa shape index (κ2) is 9.61. The Balaban J connectivity index is 1.53. The summed E-state index contributed by atoms with van der Waals surface area (Å²) in [6.45, 7) is -0.0729. The Hall–Kier alpha value is -3.15. The van der Waals surface area contributed by atoms with Crippen molar-refractivity contribution in [3.05, 3.63) is 70.1 Å². The molecule has 1 fully saturated rings. The molecule has 1 aliphatic carbocycles. The van der Waals surface area contributed by atoms with Gasteiger partial charge in [0.2, 0.25) is 0 Å². The first kappa shape index (κ1) is 24.0. The molecule has 12 heteroatoms. The van der Waals surface area contributed by atoms with Crippen LogP contribution in [-0.4, -0.2) is 32.6 Å². The van der Waals surface area contributed by atoms with Crippen molar-refractivity contribution < 1.29 is 26.7 Å². The normalized spacial score (nSPS) is 13.9. The Bertz CT molecular complexity index is 1250. The fraction of sp³-hybridized carbons (Fsp3) is 0.318. The molecule has 2 aromatic carbocycles. The van der Waals surface area contributed by atoms with E-state index in [1.54, 1.807) is 12.1 Å². The molecule has 0 saturated heterocycles. The molecular weight excluding hydrogens is 479 g/mol. The number of hydrogen-bond acceptors (Lipinski definition) is 4. The molecular formula is C22H19F5N4O2S. The summed E-state index contributed by atoms with van der Waals surface area (Å²) in [6.07, 6.45) is -3.10. The molecule has 0 bridgehead atoms. The molecule has 0 radical (unpaired) electrons. The van der Waals surface area contributed by atoms with Crippen LogP contribution in [-0.2, 0) is 12.7 Å². The van der Waals surface area contributed by atoms with Crippen molar-refractivity contribution in [3.63, 3.8) is 0 Å². The van der Waals surface area contributed by atoms with Crippen LogP contribution in [0.4, 0.5) is 22.0 Å². The molecule has 1 aliphatic rings. The van der Waals surface area contributed by atoms with Gasteiger partial charge in [-0.15, -0.1) is 5.10 Å². The zero-order valence-electron chi connectivity index (χ0n) is 17.6. The van der Waals surface area contributed by atoms with Crippen LogP contribution < -0.4 is 11.0 Å². The van der Waals surface area contributed by atoms with Gasteiger partial charge in [0.15, 0.2) is 5.82 Å². The highest BCUT2D eigenvalue weighted by Gasteiger charge is 2.33. The number of benzene rings is 2. The van der Waals surface area contributed by atoms with E-state index in [4.69, 9.17) is 0 Å². The number of rotatable bonds is 8. The SMILES string of the molecule is O=C(NCCn1nc(-c2cccc(C(F)(F)F)c2)n(C2CC2)c1=O)c1ccccc1SC(F)F. The first-order valence-corrected chi connectivity index (χ1v) is 11.2. The Labute approximate surface area is 194 Å². The van der Waals surface area contributed by atoms with E-state index in [1.165, 1.54) is 28.8 Å². The molecule has 180 valence electrons. The van der Waals surface area contributed by atoms with E-state index >= 15 is 0 Å². The number of hydrogen-bond donors (Lipinski definition) is 1. The van der Waals surface area contributed by atoms with Crippen LogP contribution in [0, 0.1) is 0 Å². The average Bonchev–Trinajstić information content (AvgIpc) is 3.57. The highest BCUT2D eigenvalue weighted by molar-refractivity contribution is 7.99. The van der Waals surface area contributed by atoms with Gasteiger partial charge in [-0.3, -0.25) is 9.36 Å². The van der Waals surface area contributed by atoms with Crippen molar-refractivity contribution in [2.24, 2.45) is 0 Å². The minimum Gasteiger partial charge on any atom is -0.350 e. The summed E-state index contributed by atoms with van der Waals surface area (Å²) in [4.78, 5) is 25.5. The third kappa shape index (κ3) is 5.32.